The predicted molar refractivity (Wildman–Crippen MR) is 10.0 cm³/mol. The smallest absolute Gasteiger partial charge is 0 e. The first kappa shape index (κ1) is 1060. The van der Waals surface area contributed by atoms with Gasteiger partial charge in [-0.3, -0.25) is 18.8 Å². The summed E-state index contributed by atoms with van der Waals surface area (Å²) in [5, 5.41) is 0. The predicted octanol–water partition coefficient (Wildman–Crippen LogP) is 0.607. The summed E-state index contributed by atoms with van der Waals surface area (Å²) in [6, 6.07) is 0. The van der Waals surface area contributed by atoms with Crippen LogP contribution in [0.1, 0.15) is 0 Å². The van der Waals surface area contributed by atoms with Crippen molar-refractivity contribution in [3.63, 3.8) is 0 Å². The Balaban J connectivity index is 0. The van der Waals surface area contributed by atoms with Gasteiger partial charge in [0.15, 0.2) is 0 Å². The summed E-state index contributed by atoms with van der Waals surface area (Å²) in [6.45, 7) is 0. The van der Waals surface area contributed by atoms with Crippen molar-refractivity contribution in [2.45, 2.75) is 0 Å². The van der Waals surface area contributed by atoms with E-state index in [0.717, 1.165) is 0 Å². The molecule has 0 spiro atoms. The van der Waals surface area contributed by atoms with E-state index in [1.54, 1.807) is 0 Å². The average Bonchev–Trinajstić information content (AvgIpc) is 0. The molecule has 0 aromatic rings. The van der Waals surface area contributed by atoms with E-state index in [4.69, 9.17) is 0 Å². The summed E-state index contributed by atoms with van der Waals surface area (Å²) < 4.78 is 0. The Labute approximate surface area is 38.3 Å². The second-order valence-electron chi connectivity index (χ2n) is 0. The quantitative estimate of drug-likeness (QED) is 0.422. The fourth-order valence-corrected chi connectivity index (χ4v) is 0. The number of halogens is 4. The van der Waals surface area contributed by atoms with Crippen molar-refractivity contribution >= 4 is 0 Å². The Morgan fingerprint density at radius 2 is 0.400 bits per heavy atom. The molecule has 0 amide bonds. The van der Waals surface area contributed by atoms with Gasteiger partial charge in [0.2, 0.25) is 0 Å². The van der Waals surface area contributed by atoms with Crippen LogP contribution in [-0.2, 0) is 18.6 Å². The molecule has 0 nitrogen and oxygen atoms in total. The molecule has 0 saturated carbocycles. The van der Waals surface area contributed by atoms with E-state index in [1.807, 2.05) is 0 Å². The molecule has 0 rings (SSSR count). The van der Waals surface area contributed by atoms with Crippen molar-refractivity contribution in [1.29, 1.82) is 0 Å². The van der Waals surface area contributed by atoms with Crippen LogP contribution in [0.25, 0.3) is 0 Å². The molecule has 0 N–H and O–H groups in total. The van der Waals surface area contributed by atoms with Crippen molar-refractivity contribution in [1.82, 2.24) is 0 Å². The van der Waals surface area contributed by atoms with E-state index in [1.165, 1.54) is 0 Å². The molecule has 0 aliphatic rings. The molecule has 0 atom stereocenters. The molecule has 5 heteroatoms. The first-order valence-electron chi connectivity index (χ1n) is 0. The molecule has 37 valence electrons. The zero-order valence-corrected chi connectivity index (χ0v) is 3.48. The van der Waals surface area contributed by atoms with E-state index in [0.29, 0.717) is 0 Å². The van der Waals surface area contributed by atoms with Gasteiger partial charge in [0.1, 0.15) is 0 Å². The number of rotatable bonds is 0. The zero-order chi connectivity index (χ0) is 0. The second kappa shape index (κ2) is 507. The molecule has 0 aliphatic carbocycles. The zero-order valence-electron chi connectivity index (χ0n) is 2.08. The molecule has 0 aromatic heterocycles. The summed E-state index contributed by atoms with van der Waals surface area (Å²) in [6.07, 6.45) is 0. The molecule has 0 unspecified atom stereocenters. The van der Waals surface area contributed by atoms with E-state index in [9.17, 15) is 0 Å². The topological polar surface area (TPSA) is 0 Å². The maximum absolute atomic E-state index is 0. The van der Waals surface area contributed by atoms with Gasteiger partial charge in [0, 0.05) is 18.6 Å². The Morgan fingerprint density at radius 1 is 0.400 bits per heavy atom. The Bertz CT molecular complexity index is 3.61. The molecule has 1 radical (unpaired) electrons. The van der Waals surface area contributed by atoms with Crippen LogP contribution in [0.3, 0.4) is 0 Å². The fourth-order valence-electron chi connectivity index (χ4n) is 0. The first-order chi connectivity index (χ1) is 0. The average molecular weight is 131 g/mol. The summed E-state index contributed by atoms with van der Waals surface area (Å²) in [5.41, 5.74) is 0. The van der Waals surface area contributed by atoms with Gasteiger partial charge in [-0.25, -0.2) is 0 Å². The van der Waals surface area contributed by atoms with E-state index >= 15 is 0 Å². The molecule has 0 aromatic carbocycles. The number of hydrogen-bond donors (Lipinski definition) is 0. The molecule has 0 bridgehead atoms. The van der Waals surface area contributed by atoms with Crippen LogP contribution in [0.4, 0.5) is 18.8 Å². The summed E-state index contributed by atoms with van der Waals surface area (Å²) in [4.78, 5) is 0. The third kappa shape index (κ3) is 247. The SMILES string of the molecule is F.F.F.F.[V]. The van der Waals surface area contributed by atoms with E-state index < -0.39 is 0 Å². The standard InChI is InChI=1S/4FH.V/h4*1H;. The fraction of sp³-hybridized carbons (Fsp3) is 0. The van der Waals surface area contributed by atoms with Gasteiger partial charge in [0.25, 0.3) is 0 Å². The Hall–Kier alpha value is 0.304. The summed E-state index contributed by atoms with van der Waals surface area (Å²) in [5.74, 6) is 0. The van der Waals surface area contributed by atoms with Crippen LogP contribution in [0.2, 0.25) is 0 Å². The van der Waals surface area contributed by atoms with E-state index in [-0.39, 0.29) is 37.4 Å². The van der Waals surface area contributed by atoms with Gasteiger partial charge >= 0.3 is 0 Å². The first-order valence-corrected chi connectivity index (χ1v) is 0. The minimum absolute atomic E-state index is 0. The molecule has 0 heterocycles. The van der Waals surface area contributed by atoms with Crippen molar-refractivity contribution in [3.8, 4) is 0 Å². The van der Waals surface area contributed by atoms with Gasteiger partial charge in [-0.1, -0.05) is 0 Å². The van der Waals surface area contributed by atoms with Crippen LogP contribution in [-0.4, -0.2) is 0 Å². The van der Waals surface area contributed by atoms with Gasteiger partial charge in [0.05, 0.1) is 0 Å². The molecule has 0 fully saturated rings. The third-order valence-electron chi connectivity index (χ3n) is 0. The number of hydrogen-bond acceptors (Lipinski definition) is 0. The van der Waals surface area contributed by atoms with Crippen LogP contribution in [0, 0.1) is 0 Å². The normalized spacial score (nSPS) is 0. The van der Waals surface area contributed by atoms with Gasteiger partial charge < -0.3 is 0 Å². The van der Waals surface area contributed by atoms with Crippen molar-refractivity contribution in [2.24, 2.45) is 0 Å². The second-order valence-corrected chi connectivity index (χ2v) is 0. The van der Waals surface area contributed by atoms with Crippen molar-refractivity contribution in [3.05, 3.63) is 0 Å². The largest absolute Gasteiger partial charge is 0.269 e. The van der Waals surface area contributed by atoms with Crippen molar-refractivity contribution < 1.29 is 37.4 Å². The van der Waals surface area contributed by atoms with Crippen LogP contribution < -0.4 is 0 Å². The monoisotopic (exact) mass is 131 g/mol. The van der Waals surface area contributed by atoms with E-state index in [2.05, 4.69) is 0 Å². The van der Waals surface area contributed by atoms with Gasteiger partial charge in [-0.05, 0) is 0 Å². The molecular weight excluding hydrogens is 127 g/mol. The summed E-state index contributed by atoms with van der Waals surface area (Å²) in [7, 11) is 0. The molecular formula is H4F4V. The minimum Gasteiger partial charge on any atom is -0.269 e. The van der Waals surface area contributed by atoms with Gasteiger partial charge in [-0.15, -0.1) is 0 Å². The Kier molecular flexibility index (Phi) is 108000. The van der Waals surface area contributed by atoms with Crippen LogP contribution in [0.15, 0.2) is 0 Å². The third-order valence-corrected chi connectivity index (χ3v) is 0. The molecule has 5 heavy (non-hydrogen) atoms. The maximum Gasteiger partial charge on any atom is 0 e. The Morgan fingerprint density at radius 3 is 0.400 bits per heavy atom. The maximum atomic E-state index is 0. The summed E-state index contributed by atoms with van der Waals surface area (Å²) >= 11 is 0. The van der Waals surface area contributed by atoms with Crippen LogP contribution >= 0.6 is 0 Å². The van der Waals surface area contributed by atoms with Gasteiger partial charge in [-0.2, -0.15) is 0 Å². The molecule has 0 saturated heterocycles. The molecule has 0 aliphatic heterocycles. The minimum atomic E-state index is 0. The van der Waals surface area contributed by atoms with Crippen LogP contribution in [0.5, 0.6) is 0 Å². The van der Waals surface area contributed by atoms with Crippen molar-refractivity contribution in [2.75, 3.05) is 0 Å².